The van der Waals surface area contributed by atoms with E-state index >= 15 is 0 Å². The number of ether oxygens (including phenoxy) is 1. The molecule has 0 spiro atoms. The molecule has 0 N–H and O–H groups in total. The first-order valence-electron chi connectivity index (χ1n) is 10.8. The molecule has 1 amide bonds. The number of benzene rings is 2. The maximum atomic E-state index is 13.8. The summed E-state index contributed by atoms with van der Waals surface area (Å²) in [6.45, 7) is 11.1. The normalized spacial score (nSPS) is 14.8. The maximum Gasteiger partial charge on any atom is 0.261 e. The number of morpholine rings is 1. The van der Waals surface area contributed by atoms with E-state index in [1.54, 1.807) is 23.1 Å². The Balaban J connectivity index is 1.69. The van der Waals surface area contributed by atoms with Crippen molar-refractivity contribution in [3.05, 3.63) is 53.1 Å². The lowest BCUT2D eigenvalue weighted by Crippen LogP contribution is -2.43. The highest BCUT2D eigenvalue weighted by Gasteiger charge is 2.25. The Hall–Kier alpha value is -1.93. The summed E-state index contributed by atoms with van der Waals surface area (Å²) >= 11 is 3.31. The van der Waals surface area contributed by atoms with Crippen LogP contribution in [-0.2, 0) is 4.74 Å². The van der Waals surface area contributed by atoms with Gasteiger partial charge in [-0.3, -0.25) is 14.6 Å². The molecule has 0 saturated carbocycles. The first-order chi connectivity index (χ1) is 15.1. The van der Waals surface area contributed by atoms with E-state index in [0.29, 0.717) is 6.54 Å². The summed E-state index contributed by atoms with van der Waals surface area (Å²) in [7, 11) is 0. The molecule has 1 aliphatic rings. The Kier molecular flexibility index (Phi) is 7.27. The van der Waals surface area contributed by atoms with Crippen LogP contribution in [0.15, 0.2) is 41.3 Å². The van der Waals surface area contributed by atoms with Crippen molar-refractivity contribution in [3.63, 3.8) is 0 Å². The van der Waals surface area contributed by atoms with Gasteiger partial charge in [0.15, 0.2) is 5.13 Å². The summed E-state index contributed by atoms with van der Waals surface area (Å²) < 4.78 is 6.60. The third kappa shape index (κ3) is 4.95. The van der Waals surface area contributed by atoms with Gasteiger partial charge in [0.1, 0.15) is 0 Å². The first kappa shape index (κ1) is 22.3. The van der Waals surface area contributed by atoms with Crippen molar-refractivity contribution in [2.45, 2.75) is 25.7 Å². The Morgan fingerprint density at radius 1 is 1.19 bits per heavy atom. The summed E-state index contributed by atoms with van der Waals surface area (Å²) in [5.74, 6) is 0.954. The van der Waals surface area contributed by atoms with E-state index in [2.05, 4.69) is 37.8 Å². The van der Waals surface area contributed by atoms with Gasteiger partial charge in [-0.15, -0.1) is 11.8 Å². The molecule has 0 atom stereocenters. The molecule has 31 heavy (non-hydrogen) atoms. The van der Waals surface area contributed by atoms with Crippen molar-refractivity contribution < 1.29 is 9.53 Å². The Bertz CT molecular complexity index is 1060. The van der Waals surface area contributed by atoms with E-state index < -0.39 is 0 Å². The zero-order valence-corrected chi connectivity index (χ0v) is 20.0. The van der Waals surface area contributed by atoms with Crippen LogP contribution in [0.1, 0.15) is 28.4 Å². The van der Waals surface area contributed by atoms with Gasteiger partial charge in [-0.05, 0) is 48.9 Å². The zero-order chi connectivity index (χ0) is 21.8. The summed E-state index contributed by atoms with van der Waals surface area (Å²) in [6.07, 6.45) is 0. The first-order valence-corrected chi connectivity index (χ1v) is 12.6. The van der Waals surface area contributed by atoms with Gasteiger partial charge in [0.25, 0.3) is 5.91 Å². The third-order valence-electron chi connectivity index (χ3n) is 5.71. The quantitative estimate of drug-likeness (QED) is 0.469. The number of carbonyl (C=O) groups excluding carboxylic acids is 1. The van der Waals surface area contributed by atoms with Crippen molar-refractivity contribution in [2.75, 3.05) is 50.0 Å². The monoisotopic (exact) mass is 455 g/mol. The fraction of sp³-hybridized carbons (Fsp3) is 0.417. The largest absolute Gasteiger partial charge is 0.379 e. The molecule has 0 bridgehead atoms. The van der Waals surface area contributed by atoms with Crippen molar-refractivity contribution in [1.29, 1.82) is 0 Å². The highest BCUT2D eigenvalue weighted by atomic mass is 32.2. The number of aryl methyl sites for hydroxylation is 2. The molecule has 2 aromatic carbocycles. The third-order valence-corrected chi connectivity index (χ3v) is 7.71. The van der Waals surface area contributed by atoms with E-state index in [1.807, 2.05) is 29.2 Å². The Morgan fingerprint density at radius 2 is 1.97 bits per heavy atom. The molecule has 4 rings (SSSR count). The van der Waals surface area contributed by atoms with Crippen LogP contribution in [-0.4, -0.2) is 60.9 Å². The van der Waals surface area contributed by atoms with Crippen molar-refractivity contribution in [2.24, 2.45) is 0 Å². The number of thiazole rings is 1. The number of anilines is 1. The summed E-state index contributed by atoms with van der Waals surface area (Å²) in [4.78, 5) is 24.0. The van der Waals surface area contributed by atoms with Gasteiger partial charge in [0.05, 0.1) is 29.0 Å². The lowest BCUT2D eigenvalue weighted by Gasteiger charge is -2.29. The molecule has 5 nitrogen and oxygen atoms in total. The lowest BCUT2D eigenvalue weighted by atomic mass is 10.1. The number of aromatic nitrogens is 1. The van der Waals surface area contributed by atoms with Gasteiger partial charge in [0.2, 0.25) is 0 Å². The highest BCUT2D eigenvalue weighted by Crippen LogP contribution is 2.33. The SMILES string of the molecule is CCSc1ccccc1C(=O)N(CCN1CCOCC1)c1nc2c(C)c(C)ccc2s1. The molecular weight excluding hydrogens is 426 g/mol. The van der Waals surface area contributed by atoms with Gasteiger partial charge in [-0.25, -0.2) is 4.98 Å². The van der Waals surface area contributed by atoms with Crippen LogP contribution in [0.4, 0.5) is 5.13 Å². The highest BCUT2D eigenvalue weighted by molar-refractivity contribution is 7.99. The van der Waals surface area contributed by atoms with E-state index in [1.165, 1.54) is 11.1 Å². The van der Waals surface area contributed by atoms with Crippen LogP contribution in [0.3, 0.4) is 0 Å². The van der Waals surface area contributed by atoms with Crippen LogP contribution >= 0.6 is 23.1 Å². The number of carbonyl (C=O) groups is 1. The second-order valence-corrected chi connectivity index (χ2v) is 10.0. The smallest absolute Gasteiger partial charge is 0.261 e. The van der Waals surface area contributed by atoms with Crippen molar-refractivity contribution in [1.82, 2.24) is 9.88 Å². The van der Waals surface area contributed by atoms with Crippen molar-refractivity contribution in [3.8, 4) is 0 Å². The number of thioether (sulfide) groups is 1. The van der Waals surface area contributed by atoms with Gasteiger partial charge < -0.3 is 4.74 Å². The van der Waals surface area contributed by atoms with Gasteiger partial charge in [-0.2, -0.15) is 0 Å². The Morgan fingerprint density at radius 3 is 2.74 bits per heavy atom. The van der Waals surface area contributed by atoms with Crippen LogP contribution in [0.2, 0.25) is 0 Å². The van der Waals surface area contributed by atoms with E-state index in [9.17, 15) is 4.79 Å². The average Bonchev–Trinajstić information content (AvgIpc) is 3.22. The fourth-order valence-corrected chi connectivity index (χ4v) is 5.60. The van der Waals surface area contributed by atoms with E-state index in [-0.39, 0.29) is 5.91 Å². The standard InChI is InChI=1S/C24H29N3O2S2/c1-4-30-20-8-6-5-7-19(20)23(28)27(12-11-26-13-15-29-16-14-26)24-25-22-18(3)17(2)9-10-21(22)31-24/h5-10H,4,11-16H2,1-3H3. The number of fused-ring (bicyclic) bond motifs is 1. The number of hydrogen-bond donors (Lipinski definition) is 0. The van der Waals surface area contributed by atoms with E-state index in [0.717, 1.165) is 64.4 Å². The fourth-order valence-electron chi connectivity index (χ4n) is 3.75. The lowest BCUT2D eigenvalue weighted by molar-refractivity contribution is 0.0391. The summed E-state index contributed by atoms with van der Waals surface area (Å²) in [6, 6.07) is 12.2. The molecule has 0 aliphatic carbocycles. The van der Waals surface area contributed by atoms with Crippen molar-refractivity contribution >= 4 is 44.4 Å². The maximum absolute atomic E-state index is 13.8. The summed E-state index contributed by atoms with van der Waals surface area (Å²) in [5.41, 5.74) is 4.16. The second kappa shape index (κ2) is 10.1. The molecule has 3 aromatic rings. The molecule has 1 aromatic heterocycles. The van der Waals surface area contributed by atoms with Gasteiger partial charge in [-0.1, -0.05) is 36.5 Å². The van der Waals surface area contributed by atoms with Crippen LogP contribution < -0.4 is 4.90 Å². The van der Waals surface area contributed by atoms with E-state index in [4.69, 9.17) is 9.72 Å². The number of amides is 1. The van der Waals surface area contributed by atoms with Crippen LogP contribution in [0, 0.1) is 13.8 Å². The molecule has 2 heterocycles. The van der Waals surface area contributed by atoms with Crippen LogP contribution in [0.25, 0.3) is 10.2 Å². The molecule has 164 valence electrons. The minimum Gasteiger partial charge on any atom is -0.379 e. The zero-order valence-electron chi connectivity index (χ0n) is 18.4. The summed E-state index contributed by atoms with van der Waals surface area (Å²) in [5, 5.41) is 0.776. The molecule has 0 radical (unpaired) electrons. The number of nitrogens with zero attached hydrogens (tertiary/aromatic N) is 3. The van der Waals surface area contributed by atoms with Gasteiger partial charge in [0, 0.05) is 31.1 Å². The van der Waals surface area contributed by atoms with Gasteiger partial charge >= 0.3 is 0 Å². The minimum absolute atomic E-state index is 0.0261. The predicted molar refractivity (Wildman–Crippen MR) is 131 cm³/mol. The average molecular weight is 456 g/mol. The van der Waals surface area contributed by atoms with Crippen LogP contribution in [0.5, 0.6) is 0 Å². The molecule has 1 fully saturated rings. The second-order valence-electron chi connectivity index (χ2n) is 7.69. The molecule has 1 aliphatic heterocycles. The molecular formula is C24H29N3O2S2. The topological polar surface area (TPSA) is 45.7 Å². The molecule has 1 saturated heterocycles. The molecule has 7 heteroatoms. The molecule has 0 unspecified atom stereocenters. The minimum atomic E-state index is 0.0261. The Labute approximate surface area is 192 Å². The number of hydrogen-bond acceptors (Lipinski definition) is 6. The number of rotatable bonds is 7. The predicted octanol–water partition coefficient (Wildman–Crippen LogP) is 5.00.